The van der Waals surface area contributed by atoms with E-state index in [2.05, 4.69) is 20.8 Å². The van der Waals surface area contributed by atoms with Crippen molar-refractivity contribution in [2.75, 3.05) is 12.4 Å². The van der Waals surface area contributed by atoms with E-state index in [0.29, 0.717) is 34.5 Å². The van der Waals surface area contributed by atoms with Gasteiger partial charge in [0, 0.05) is 35.0 Å². The summed E-state index contributed by atoms with van der Waals surface area (Å²) in [6.45, 7) is 4.13. The number of amides is 1. The number of aromatic nitrogens is 3. The number of hydrogen-bond acceptors (Lipinski definition) is 7. The molecule has 4 N–H and O–H groups in total. The summed E-state index contributed by atoms with van der Waals surface area (Å²) in [5.74, 6) is -0.0280. The highest BCUT2D eigenvalue weighted by Gasteiger charge is 2.23. The molecule has 5 rings (SSSR count). The van der Waals surface area contributed by atoms with Crippen molar-refractivity contribution in [2.45, 2.75) is 58.2 Å². The minimum absolute atomic E-state index is 0.0130. The van der Waals surface area contributed by atoms with Gasteiger partial charge in [0.05, 0.1) is 29.6 Å². The van der Waals surface area contributed by atoms with E-state index in [-0.39, 0.29) is 17.7 Å². The Morgan fingerprint density at radius 2 is 1.81 bits per heavy atom. The van der Waals surface area contributed by atoms with E-state index >= 15 is 0 Å². The lowest BCUT2D eigenvalue weighted by Crippen LogP contribution is -2.41. The molecule has 1 unspecified atom stereocenters. The van der Waals surface area contributed by atoms with E-state index in [0.717, 1.165) is 53.5 Å². The van der Waals surface area contributed by atoms with Crippen LogP contribution < -0.4 is 20.9 Å². The number of aliphatic hydroxyl groups excluding tert-OH is 1. The zero-order valence-corrected chi connectivity index (χ0v) is 24.6. The fourth-order valence-corrected chi connectivity index (χ4v) is 5.71. The van der Waals surface area contributed by atoms with Gasteiger partial charge < -0.3 is 20.5 Å². The van der Waals surface area contributed by atoms with Crippen molar-refractivity contribution in [2.24, 2.45) is 0 Å². The van der Waals surface area contributed by atoms with Crippen LogP contribution in [-0.2, 0) is 6.54 Å². The first-order valence-corrected chi connectivity index (χ1v) is 14.4. The average Bonchev–Trinajstić information content (AvgIpc) is 2.99. The molecule has 2 heterocycles. The normalized spacial score (nSPS) is 16.7. The summed E-state index contributed by atoms with van der Waals surface area (Å²) < 4.78 is 5.63. The van der Waals surface area contributed by atoms with Crippen molar-refractivity contribution in [3.63, 3.8) is 0 Å². The number of hydrogen-bond donors (Lipinski definition) is 4. The number of ether oxygens (including phenoxy) is 1. The molecule has 1 amide bonds. The number of aromatic amines is 1. The smallest absolute Gasteiger partial charge is 0.277 e. The number of anilines is 1. The summed E-state index contributed by atoms with van der Waals surface area (Å²) in [5.41, 5.74) is 5.23. The molecule has 0 aliphatic heterocycles. The maximum Gasteiger partial charge on any atom is 0.277 e. The van der Waals surface area contributed by atoms with Crippen LogP contribution in [0.15, 0.2) is 59.4 Å². The standard InChI is InChI=1S/C32H34ClN5O4/c1-18-16-24(31(41)38-37-18)30(40)35-25-12-7-8-21(19(25)2)22-9-6-10-23(29(22)33)26-15-14-20(32(36-26)42-3)17-34-27-11-4-5-13-28(27)39/h6-10,12,14-16,27-28,34,39H,4-5,11,13,17H2,1-3H3,(H,35,40)(H,38,41)/t27?,28-/m0/s1. The van der Waals surface area contributed by atoms with E-state index in [1.807, 2.05) is 49.4 Å². The lowest BCUT2D eigenvalue weighted by atomic mass is 9.92. The molecule has 4 aromatic rings. The number of carbonyl (C=O) groups excluding carboxylic acids is 1. The molecule has 1 aliphatic carbocycles. The third-order valence-corrected chi connectivity index (χ3v) is 8.15. The minimum atomic E-state index is -0.557. The molecule has 2 atom stereocenters. The van der Waals surface area contributed by atoms with Gasteiger partial charge in [-0.25, -0.2) is 10.1 Å². The number of nitrogens with zero attached hydrogens (tertiary/aromatic N) is 2. The highest BCUT2D eigenvalue weighted by Crippen LogP contribution is 2.39. The van der Waals surface area contributed by atoms with Crippen LogP contribution in [0.4, 0.5) is 5.69 Å². The molecular formula is C32H34ClN5O4. The number of pyridine rings is 1. The van der Waals surface area contributed by atoms with Crippen LogP contribution in [0.2, 0.25) is 5.02 Å². The molecular weight excluding hydrogens is 554 g/mol. The Kier molecular flexibility index (Phi) is 9.01. The highest BCUT2D eigenvalue weighted by molar-refractivity contribution is 6.36. The zero-order chi connectivity index (χ0) is 29.8. The molecule has 2 aromatic heterocycles. The zero-order valence-electron chi connectivity index (χ0n) is 23.8. The first kappa shape index (κ1) is 29.4. The van der Waals surface area contributed by atoms with E-state index in [9.17, 15) is 14.7 Å². The van der Waals surface area contributed by atoms with Gasteiger partial charge >= 0.3 is 0 Å². The fraction of sp³-hybridized carbons (Fsp3) is 0.312. The topological polar surface area (TPSA) is 129 Å². The number of carbonyl (C=O) groups is 1. The number of aliphatic hydroxyl groups is 1. The van der Waals surface area contributed by atoms with E-state index in [1.54, 1.807) is 20.1 Å². The summed E-state index contributed by atoms with van der Waals surface area (Å²) in [5, 5.41) is 23.3. The predicted molar refractivity (Wildman–Crippen MR) is 164 cm³/mol. The molecule has 9 nitrogen and oxygen atoms in total. The Morgan fingerprint density at radius 3 is 2.60 bits per heavy atom. The number of nitrogens with one attached hydrogen (secondary N) is 3. The third kappa shape index (κ3) is 6.23. The SMILES string of the molecule is COc1nc(-c2cccc(-c3cccc(NC(=O)c4cc(C)n[nH]c4=O)c3C)c2Cl)ccc1CNC1CCCC[C@@H]1O. The molecule has 218 valence electrons. The first-order valence-electron chi connectivity index (χ1n) is 14.0. The Bertz CT molecular complexity index is 1670. The summed E-state index contributed by atoms with van der Waals surface area (Å²) in [4.78, 5) is 29.8. The second-order valence-electron chi connectivity index (χ2n) is 10.6. The molecule has 1 saturated carbocycles. The minimum Gasteiger partial charge on any atom is -0.481 e. The second-order valence-corrected chi connectivity index (χ2v) is 10.9. The molecule has 0 bridgehead atoms. The predicted octanol–water partition coefficient (Wildman–Crippen LogP) is 5.42. The summed E-state index contributed by atoms with van der Waals surface area (Å²) in [6.07, 6.45) is 3.60. The third-order valence-electron chi connectivity index (χ3n) is 7.74. The largest absolute Gasteiger partial charge is 0.481 e. The summed E-state index contributed by atoms with van der Waals surface area (Å²) in [7, 11) is 1.59. The Labute approximate surface area is 249 Å². The van der Waals surface area contributed by atoms with E-state index < -0.39 is 11.5 Å². The molecule has 10 heteroatoms. The number of methoxy groups -OCH3 is 1. The molecule has 0 radical (unpaired) electrons. The van der Waals surface area contributed by atoms with Crippen LogP contribution in [0.25, 0.3) is 22.4 Å². The molecule has 1 fully saturated rings. The second kappa shape index (κ2) is 12.9. The molecule has 0 spiro atoms. The van der Waals surface area contributed by atoms with Gasteiger partial charge in [-0.1, -0.05) is 60.8 Å². The Balaban J connectivity index is 1.41. The van der Waals surface area contributed by atoms with Crippen LogP contribution in [-0.4, -0.2) is 45.5 Å². The van der Waals surface area contributed by atoms with Gasteiger partial charge in [0.2, 0.25) is 5.88 Å². The quantitative estimate of drug-likeness (QED) is 0.216. The lowest BCUT2D eigenvalue weighted by Gasteiger charge is -2.28. The summed E-state index contributed by atoms with van der Waals surface area (Å²) >= 11 is 7.00. The van der Waals surface area contributed by atoms with Crippen molar-refractivity contribution in [1.82, 2.24) is 20.5 Å². The number of rotatable bonds is 8. The van der Waals surface area contributed by atoms with Crippen LogP contribution >= 0.6 is 11.6 Å². The number of aryl methyl sites for hydroxylation is 1. The van der Waals surface area contributed by atoms with Crippen LogP contribution in [0, 0.1) is 13.8 Å². The van der Waals surface area contributed by atoms with Crippen molar-refractivity contribution in [1.29, 1.82) is 0 Å². The van der Waals surface area contributed by atoms with Gasteiger partial charge in [0.15, 0.2) is 0 Å². The number of benzene rings is 2. The fourth-order valence-electron chi connectivity index (χ4n) is 5.39. The van der Waals surface area contributed by atoms with Crippen LogP contribution in [0.5, 0.6) is 5.88 Å². The van der Waals surface area contributed by atoms with Gasteiger partial charge in [0.25, 0.3) is 11.5 Å². The van der Waals surface area contributed by atoms with Gasteiger partial charge in [-0.05, 0) is 56.0 Å². The van der Waals surface area contributed by atoms with E-state index in [1.165, 1.54) is 6.07 Å². The Morgan fingerprint density at radius 1 is 1.07 bits per heavy atom. The highest BCUT2D eigenvalue weighted by atomic mass is 35.5. The van der Waals surface area contributed by atoms with E-state index in [4.69, 9.17) is 21.3 Å². The maximum absolute atomic E-state index is 12.9. The lowest BCUT2D eigenvalue weighted by molar-refractivity contribution is 0.0901. The van der Waals surface area contributed by atoms with Gasteiger partial charge in [-0.3, -0.25) is 9.59 Å². The van der Waals surface area contributed by atoms with Crippen molar-refractivity contribution >= 4 is 23.2 Å². The maximum atomic E-state index is 12.9. The van der Waals surface area contributed by atoms with Gasteiger partial charge in [-0.15, -0.1) is 0 Å². The van der Waals surface area contributed by atoms with Crippen molar-refractivity contribution in [3.05, 3.63) is 92.4 Å². The van der Waals surface area contributed by atoms with Gasteiger partial charge in [0.1, 0.15) is 5.56 Å². The molecule has 1 aliphatic rings. The summed E-state index contributed by atoms with van der Waals surface area (Å²) in [6, 6.07) is 16.7. The molecule has 42 heavy (non-hydrogen) atoms. The number of halogens is 1. The van der Waals surface area contributed by atoms with Crippen molar-refractivity contribution < 1.29 is 14.6 Å². The number of H-pyrrole nitrogens is 1. The van der Waals surface area contributed by atoms with Crippen LogP contribution in [0.1, 0.15) is 52.9 Å². The first-order chi connectivity index (χ1) is 20.3. The Hall–Kier alpha value is -4.05. The molecule has 2 aromatic carbocycles. The van der Waals surface area contributed by atoms with Crippen molar-refractivity contribution in [3.8, 4) is 28.3 Å². The monoisotopic (exact) mass is 587 g/mol. The van der Waals surface area contributed by atoms with Gasteiger partial charge in [-0.2, -0.15) is 5.10 Å². The molecule has 0 saturated heterocycles. The van der Waals surface area contributed by atoms with Crippen LogP contribution in [0.3, 0.4) is 0 Å². The average molecular weight is 588 g/mol.